The molecule has 3 N–H and O–H groups in total. The van der Waals surface area contributed by atoms with Crippen molar-refractivity contribution in [1.82, 2.24) is 4.98 Å². The predicted molar refractivity (Wildman–Crippen MR) is 89.2 cm³/mol. The van der Waals surface area contributed by atoms with E-state index >= 15 is 0 Å². The molecule has 0 amide bonds. The van der Waals surface area contributed by atoms with Crippen molar-refractivity contribution in [2.75, 3.05) is 5.32 Å². The van der Waals surface area contributed by atoms with E-state index in [9.17, 15) is 0 Å². The van der Waals surface area contributed by atoms with Crippen molar-refractivity contribution < 1.29 is 0 Å². The van der Waals surface area contributed by atoms with E-state index in [0.717, 1.165) is 28.5 Å². The maximum Gasteiger partial charge on any atom is 0.183 e. The molecule has 0 bridgehead atoms. The molecule has 0 aliphatic heterocycles. The Labute approximate surface area is 128 Å². The molecule has 2 aromatic carbocycles. The van der Waals surface area contributed by atoms with E-state index in [1.807, 2.05) is 30.3 Å². The molecule has 0 unspecified atom stereocenters. The third-order valence-corrected chi connectivity index (χ3v) is 4.08. The maximum absolute atomic E-state index is 5.61. The molecule has 106 valence electrons. The molecule has 0 atom stereocenters. The van der Waals surface area contributed by atoms with Gasteiger partial charge in [0.05, 0.1) is 5.69 Å². The Morgan fingerprint density at radius 1 is 0.952 bits per heavy atom. The Hall–Kier alpha value is -2.17. The Kier molecular flexibility index (Phi) is 4.28. The van der Waals surface area contributed by atoms with Crippen molar-refractivity contribution in [3.05, 3.63) is 71.1 Å². The maximum atomic E-state index is 5.61. The van der Waals surface area contributed by atoms with Gasteiger partial charge in [-0.05, 0) is 11.1 Å². The second kappa shape index (κ2) is 6.52. The molecule has 0 spiro atoms. The average Bonchev–Trinajstić information content (AvgIpc) is 3.03. The minimum atomic E-state index is 0.571. The highest BCUT2D eigenvalue weighted by Crippen LogP contribution is 2.25. The lowest BCUT2D eigenvalue weighted by Crippen LogP contribution is -1.98. The second-order valence-electron chi connectivity index (χ2n) is 4.78. The lowest BCUT2D eigenvalue weighted by atomic mass is 10.1. The van der Waals surface area contributed by atoms with E-state index in [4.69, 9.17) is 5.73 Å². The molecule has 0 saturated heterocycles. The van der Waals surface area contributed by atoms with Gasteiger partial charge in [-0.25, -0.2) is 4.98 Å². The summed E-state index contributed by atoms with van der Waals surface area (Å²) in [5, 5.41) is 6.38. The van der Waals surface area contributed by atoms with Gasteiger partial charge in [-0.15, -0.1) is 11.3 Å². The van der Waals surface area contributed by atoms with Gasteiger partial charge in [0.1, 0.15) is 0 Å². The van der Waals surface area contributed by atoms with Crippen LogP contribution in [0.15, 0.2) is 60.0 Å². The van der Waals surface area contributed by atoms with Crippen LogP contribution in [0.5, 0.6) is 0 Å². The Morgan fingerprint density at radius 3 is 2.43 bits per heavy atom. The summed E-state index contributed by atoms with van der Waals surface area (Å²) >= 11 is 1.63. The van der Waals surface area contributed by atoms with Gasteiger partial charge in [0.25, 0.3) is 0 Å². The minimum Gasteiger partial charge on any atom is -0.357 e. The van der Waals surface area contributed by atoms with Crippen LogP contribution in [0.2, 0.25) is 0 Å². The lowest BCUT2D eigenvalue weighted by molar-refractivity contribution is 1.07. The van der Waals surface area contributed by atoms with Gasteiger partial charge in [-0.2, -0.15) is 0 Å². The molecular formula is C17H17N3S. The Bertz CT molecular complexity index is 690. The summed E-state index contributed by atoms with van der Waals surface area (Å²) in [5.41, 5.74) is 10.1. The summed E-state index contributed by atoms with van der Waals surface area (Å²) in [6.45, 7) is 1.36. The third kappa shape index (κ3) is 3.48. The number of hydrogen-bond acceptors (Lipinski definition) is 4. The number of hydrogen-bond donors (Lipinski definition) is 2. The fraction of sp³-hybridized carbons (Fsp3) is 0.118. The normalized spacial score (nSPS) is 10.5. The summed E-state index contributed by atoms with van der Waals surface area (Å²) in [6.07, 6.45) is 0. The van der Waals surface area contributed by atoms with E-state index in [-0.39, 0.29) is 0 Å². The third-order valence-electron chi connectivity index (χ3n) is 3.28. The first-order valence-corrected chi connectivity index (χ1v) is 7.76. The van der Waals surface area contributed by atoms with Gasteiger partial charge < -0.3 is 11.1 Å². The number of nitrogens with two attached hydrogens (primary N) is 1. The van der Waals surface area contributed by atoms with Crippen molar-refractivity contribution in [3.63, 3.8) is 0 Å². The highest BCUT2D eigenvalue weighted by atomic mass is 32.1. The molecule has 3 aromatic rings. The number of benzene rings is 2. The summed E-state index contributed by atoms with van der Waals surface area (Å²) < 4.78 is 0. The molecule has 21 heavy (non-hydrogen) atoms. The number of aromatic nitrogens is 1. The quantitative estimate of drug-likeness (QED) is 0.751. The lowest BCUT2D eigenvalue weighted by Gasteiger charge is -2.02. The van der Waals surface area contributed by atoms with Crippen molar-refractivity contribution in [2.45, 2.75) is 13.1 Å². The van der Waals surface area contributed by atoms with E-state index in [0.29, 0.717) is 6.54 Å². The van der Waals surface area contributed by atoms with Crippen LogP contribution in [0.4, 0.5) is 5.13 Å². The highest BCUT2D eigenvalue weighted by Gasteiger charge is 2.04. The molecule has 0 aliphatic rings. The molecule has 0 radical (unpaired) electrons. The van der Waals surface area contributed by atoms with Gasteiger partial charge in [0.15, 0.2) is 5.13 Å². The van der Waals surface area contributed by atoms with Crippen molar-refractivity contribution >= 4 is 16.5 Å². The molecule has 0 saturated carbocycles. The van der Waals surface area contributed by atoms with E-state index in [2.05, 4.69) is 39.9 Å². The van der Waals surface area contributed by atoms with Crippen LogP contribution in [0, 0.1) is 0 Å². The molecule has 3 rings (SSSR count). The first kappa shape index (κ1) is 13.8. The molecule has 4 heteroatoms. The van der Waals surface area contributed by atoms with Gasteiger partial charge in [-0.1, -0.05) is 54.6 Å². The summed E-state index contributed by atoms with van der Waals surface area (Å²) in [6, 6.07) is 18.6. The van der Waals surface area contributed by atoms with Crippen molar-refractivity contribution in [2.24, 2.45) is 5.73 Å². The monoisotopic (exact) mass is 295 g/mol. The Morgan fingerprint density at radius 2 is 1.71 bits per heavy atom. The average molecular weight is 295 g/mol. The fourth-order valence-corrected chi connectivity index (χ4v) is 2.79. The van der Waals surface area contributed by atoms with Gasteiger partial charge in [0, 0.05) is 24.0 Å². The van der Waals surface area contributed by atoms with Crippen LogP contribution >= 0.6 is 11.3 Å². The van der Waals surface area contributed by atoms with Crippen LogP contribution in [0.3, 0.4) is 0 Å². The van der Waals surface area contributed by atoms with Crippen molar-refractivity contribution in [1.29, 1.82) is 0 Å². The van der Waals surface area contributed by atoms with Crippen LogP contribution < -0.4 is 11.1 Å². The number of nitrogens with zero attached hydrogens (tertiary/aromatic N) is 1. The number of rotatable bonds is 5. The zero-order valence-corrected chi connectivity index (χ0v) is 12.4. The zero-order chi connectivity index (χ0) is 14.5. The molecule has 0 fully saturated rings. The van der Waals surface area contributed by atoms with Crippen LogP contribution in [0.1, 0.15) is 11.1 Å². The number of nitrogens with one attached hydrogen (secondary N) is 1. The number of anilines is 1. The summed E-state index contributed by atoms with van der Waals surface area (Å²) in [5.74, 6) is 0. The van der Waals surface area contributed by atoms with Crippen LogP contribution in [-0.2, 0) is 13.1 Å². The molecule has 1 heterocycles. The molecule has 3 nitrogen and oxygen atoms in total. The zero-order valence-electron chi connectivity index (χ0n) is 11.6. The molecule has 0 aliphatic carbocycles. The summed E-state index contributed by atoms with van der Waals surface area (Å²) in [7, 11) is 0. The SMILES string of the molecule is NCc1ccc(-c2csc(NCc3ccccc3)n2)cc1. The topological polar surface area (TPSA) is 50.9 Å². The van der Waals surface area contributed by atoms with E-state index in [1.54, 1.807) is 11.3 Å². The van der Waals surface area contributed by atoms with Gasteiger partial charge >= 0.3 is 0 Å². The standard InChI is InChI=1S/C17H17N3S/c18-10-13-6-8-15(9-7-13)16-12-21-17(20-16)19-11-14-4-2-1-3-5-14/h1-9,12H,10-11,18H2,(H,19,20). The van der Waals surface area contributed by atoms with E-state index < -0.39 is 0 Å². The van der Waals surface area contributed by atoms with Crippen LogP contribution in [-0.4, -0.2) is 4.98 Å². The largest absolute Gasteiger partial charge is 0.357 e. The first-order valence-electron chi connectivity index (χ1n) is 6.88. The second-order valence-corrected chi connectivity index (χ2v) is 5.64. The predicted octanol–water partition coefficient (Wildman–Crippen LogP) is 3.88. The number of thiazole rings is 1. The Balaban J connectivity index is 1.68. The van der Waals surface area contributed by atoms with Crippen molar-refractivity contribution in [3.8, 4) is 11.3 Å². The van der Waals surface area contributed by atoms with Gasteiger partial charge in [-0.3, -0.25) is 0 Å². The fourth-order valence-electron chi connectivity index (χ4n) is 2.07. The van der Waals surface area contributed by atoms with Crippen LogP contribution in [0.25, 0.3) is 11.3 Å². The molecule has 1 aromatic heterocycles. The van der Waals surface area contributed by atoms with E-state index in [1.165, 1.54) is 5.56 Å². The highest BCUT2D eigenvalue weighted by molar-refractivity contribution is 7.14. The van der Waals surface area contributed by atoms with Gasteiger partial charge in [0.2, 0.25) is 0 Å². The molecular weight excluding hydrogens is 278 g/mol. The smallest absolute Gasteiger partial charge is 0.183 e. The first-order chi connectivity index (χ1) is 10.3. The minimum absolute atomic E-state index is 0.571. The summed E-state index contributed by atoms with van der Waals surface area (Å²) in [4.78, 5) is 4.63.